The van der Waals surface area contributed by atoms with Gasteiger partial charge in [-0.15, -0.1) is 12.4 Å². The molecule has 0 heterocycles. The summed E-state index contributed by atoms with van der Waals surface area (Å²) in [4.78, 5) is 0. The molecule has 0 amide bonds. The zero-order valence-corrected chi connectivity index (χ0v) is 7.47. The van der Waals surface area contributed by atoms with E-state index in [-0.39, 0.29) is 12.4 Å². The van der Waals surface area contributed by atoms with Crippen molar-refractivity contribution in [1.82, 2.24) is 0 Å². The van der Waals surface area contributed by atoms with Gasteiger partial charge in [-0.25, -0.2) is 0 Å². The second-order valence-electron chi connectivity index (χ2n) is 2.41. The van der Waals surface area contributed by atoms with Crippen LogP contribution >= 0.6 is 12.4 Å². The fourth-order valence-corrected chi connectivity index (χ4v) is 0.854. The summed E-state index contributed by atoms with van der Waals surface area (Å²) >= 11 is 0. The van der Waals surface area contributed by atoms with Crippen LogP contribution in [-0.4, -0.2) is 0 Å². The van der Waals surface area contributed by atoms with Crippen LogP contribution in [0.1, 0.15) is 52.4 Å². The van der Waals surface area contributed by atoms with Crippen molar-refractivity contribution in [2.45, 2.75) is 52.4 Å². The largest absolute Gasteiger partial charge is 0.147 e. The van der Waals surface area contributed by atoms with Gasteiger partial charge in [-0.05, 0) is 0 Å². The third-order valence-electron chi connectivity index (χ3n) is 1.46. The highest BCUT2D eigenvalue weighted by atomic mass is 35.5. The number of rotatable bonds is 5. The molecule has 0 bridgehead atoms. The summed E-state index contributed by atoms with van der Waals surface area (Å²) < 4.78 is 0. The average Bonchev–Trinajstić information content (AvgIpc) is 1.81. The maximum atomic E-state index is 2.26. The van der Waals surface area contributed by atoms with Crippen molar-refractivity contribution in [3.63, 3.8) is 0 Å². The number of hydrogen-bond acceptors (Lipinski definition) is 0. The highest BCUT2D eigenvalue weighted by Crippen LogP contribution is 2.03. The number of unbranched alkanes of at least 4 members (excludes halogenated alkanes) is 5. The van der Waals surface area contributed by atoms with Crippen LogP contribution in [0.15, 0.2) is 0 Å². The van der Waals surface area contributed by atoms with Crippen molar-refractivity contribution >= 4 is 12.4 Å². The van der Waals surface area contributed by atoms with E-state index in [0.29, 0.717) is 0 Å². The summed E-state index contributed by atoms with van der Waals surface area (Å²) in [6, 6.07) is 0. The Morgan fingerprint density at radius 3 is 1.22 bits per heavy atom. The Bertz CT molecular complexity index is 29.5. The van der Waals surface area contributed by atoms with Crippen LogP contribution in [0, 0.1) is 0 Å². The summed E-state index contributed by atoms with van der Waals surface area (Å²) in [5.41, 5.74) is 0. The van der Waals surface area contributed by atoms with E-state index in [2.05, 4.69) is 13.8 Å². The molecule has 1 heteroatoms. The van der Waals surface area contributed by atoms with Crippen molar-refractivity contribution in [1.29, 1.82) is 0 Å². The standard InChI is InChI=1S/C8H18.ClH/c1-3-5-7-8-6-4-2;/h3-8H2,1-2H3;1H. The van der Waals surface area contributed by atoms with Gasteiger partial charge in [0.25, 0.3) is 0 Å². The Labute approximate surface area is 65.4 Å². The van der Waals surface area contributed by atoms with Gasteiger partial charge in [0.05, 0.1) is 0 Å². The molecule has 0 radical (unpaired) electrons. The first-order chi connectivity index (χ1) is 3.91. The van der Waals surface area contributed by atoms with Crippen LogP contribution in [0.2, 0.25) is 0 Å². The molecular weight excluding hydrogens is 132 g/mol. The summed E-state index contributed by atoms with van der Waals surface area (Å²) in [7, 11) is 0. The van der Waals surface area contributed by atoms with Gasteiger partial charge >= 0.3 is 0 Å². The van der Waals surface area contributed by atoms with Gasteiger partial charge in [0, 0.05) is 0 Å². The minimum absolute atomic E-state index is 0. The van der Waals surface area contributed by atoms with Gasteiger partial charge < -0.3 is 0 Å². The third-order valence-corrected chi connectivity index (χ3v) is 1.46. The Kier molecular flexibility index (Phi) is 14.9. The van der Waals surface area contributed by atoms with Crippen molar-refractivity contribution in [3.8, 4) is 0 Å². The monoisotopic (exact) mass is 150 g/mol. The zero-order valence-electron chi connectivity index (χ0n) is 6.65. The average molecular weight is 151 g/mol. The molecule has 0 aliphatic carbocycles. The molecule has 0 atom stereocenters. The van der Waals surface area contributed by atoms with Gasteiger partial charge in [0.1, 0.15) is 0 Å². The molecular formula is C8H19Cl. The maximum absolute atomic E-state index is 2.26. The SMILES string of the molecule is CCCCCCCC.Cl. The Hall–Kier alpha value is 0.290. The lowest BCUT2D eigenvalue weighted by Crippen LogP contribution is -1.73. The topological polar surface area (TPSA) is 0 Å². The van der Waals surface area contributed by atoms with Gasteiger partial charge in [-0.3, -0.25) is 0 Å². The van der Waals surface area contributed by atoms with Crippen molar-refractivity contribution in [2.75, 3.05) is 0 Å². The Morgan fingerprint density at radius 1 is 0.667 bits per heavy atom. The molecule has 0 aromatic heterocycles. The molecule has 0 spiro atoms. The molecule has 0 aliphatic heterocycles. The lowest BCUT2D eigenvalue weighted by Gasteiger charge is -1.93. The van der Waals surface area contributed by atoms with Crippen LogP contribution in [0.4, 0.5) is 0 Å². The second kappa shape index (κ2) is 11.1. The third kappa shape index (κ3) is 11.7. The molecule has 0 saturated carbocycles. The molecule has 0 aromatic rings. The molecule has 0 nitrogen and oxygen atoms in total. The molecule has 0 saturated heterocycles. The first-order valence-electron chi connectivity index (χ1n) is 3.91. The van der Waals surface area contributed by atoms with Crippen molar-refractivity contribution < 1.29 is 0 Å². The van der Waals surface area contributed by atoms with E-state index in [0.717, 1.165) is 0 Å². The lowest BCUT2D eigenvalue weighted by molar-refractivity contribution is 0.624. The summed E-state index contributed by atoms with van der Waals surface area (Å²) in [6.45, 7) is 4.51. The molecule has 0 aliphatic rings. The molecule has 9 heavy (non-hydrogen) atoms. The van der Waals surface area contributed by atoms with Crippen LogP contribution in [0.5, 0.6) is 0 Å². The quantitative estimate of drug-likeness (QED) is 0.524. The smallest absolute Gasteiger partial charge is 0.0533 e. The highest BCUT2D eigenvalue weighted by molar-refractivity contribution is 5.85. The minimum Gasteiger partial charge on any atom is -0.147 e. The number of hydrogen-bond donors (Lipinski definition) is 0. The van der Waals surface area contributed by atoms with E-state index in [1.807, 2.05) is 0 Å². The molecule has 0 rings (SSSR count). The molecule has 0 aromatic carbocycles. The fourth-order valence-electron chi connectivity index (χ4n) is 0.854. The van der Waals surface area contributed by atoms with Crippen molar-refractivity contribution in [3.05, 3.63) is 0 Å². The van der Waals surface area contributed by atoms with Gasteiger partial charge in [0.2, 0.25) is 0 Å². The van der Waals surface area contributed by atoms with Crippen LogP contribution in [0.3, 0.4) is 0 Å². The van der Waals surface area contributed by atoms with Gasteiger partial charge in [-0.1, -0.05) is 52.4 Å². The summed E-state index contributed by atoms with van der Waals surface area (Å²) in [5.74, 6) is 0. The fraction of sp³-hybridized carbons (Fsp3) is 1.00. The molecule has 0 unspecified atom stereocenters. The van der Waals surface area contributed by atoms with E-state index in [4.69, 9.17) is 0 Å². The van der Waals surface area contributed by atoms with E-state index in [9.17, 15) is 0 Å². The normalized spacial score (nSPS) is 8.67. The van der Waals surface area contributed by atoms with Crippen LogP contribution in [0.25, 0.3) is 0 Å². The van der Waals surface area contributed by atoms with Crippen LogP contribution < -0.4 is 0 Å². The lowest BCUT2D eigenvalue weighted by atomic mass is 10.1. The highest BCUT2D eigenvalue weighted by Gasteiger charge is 1.83. The van der Waals surface area contributed by atoms with E-state index in [1.165, 1.54) is 38.5 Å². The predicted octanol–water partition coefficient (Wildman–Crippen LogP) is 3.79. The van der Waals surface area contributed by atoms with Gasteiger partial charge in [-0.2, -0.15) is 0 Å². The van der Waals surface area contributed by atoms with Gasteiger partial charge in [0.15, 0.2) is 0 Å². The first-order valence-corrected chi connectivity index (χ1v) is 3.91. The molecule has 0 N–H and O–H groups in total. The molecule has 0 fully saturated rings. The minimum atomic E-state index is 0. The van der Waals surface area contributed by atoms with Crippen LogP contribution in [-0.2, 0) is 0 Å². The Balaban J connectivity index is 0. The van der Waals surface area contributed by atoms with E-state index in [1.54, 1.807) is 0 Å². The molecule has 58 valence electrons. The zero-order chi connectivity index (χ0) is 6.24. The van der Waals surface area contributed by atoms with Crippen molar-refractivity contribution in [2.24, 2.45) is 0 Å². The Morgan fingerprint density at radius 2 is 1.00 bits per heavy atom. The predicted molar refractivity (Wildman–Crippen MR) is 46.3 cm³/mol. The second-order valence-corrected chi connectivity index (χ2v) is 2.41. The van der Waals surface area contributed by atoms with E-state index < -0.39 is 0 Å². The summed E-state index contributed by atoms with van der Waals surface area (Å²) in [6.07, 6.45) is 8.49. The number of halogens is 1. The first kappa shape index (κ1) is 12.0. The van der Waals surface area contributed by atoms with E-state index >= 15 is 0 Å². The summed E-state index contributed by atoms with van der Waals surface area (Å²) in [5, 5.41) is 0. The maximum Gasteiger partial charge on any atom is -0.0533 e.